The van der Waals surface area contributed by atoms with E-state index in [1.165, 1.54) is 16.9 Å². The maximum atomic E-state index is 12.5. The molecule has 2 amide bonds. The van der Waals surface area contributed by atoms with Gasteiger partial charge in [0.2, 0.25) is 0 Å². The van der Waals surface area contributed by atoms with Crippen molar-refractivity contribution in [2.75, 3.05) is 54.0 Å². The summed E-state index contributed by atoms with van der Waals surface area (Å²) in [5.74, 6) is 0.887. The molecule has 3 aromatic rings. The highest BCUT2D eigenvalue weighted by Gasteiger charge is 2.31. The molecule has 0 aliphatic carbocycles. The van der Waals surface area contributed by atoms with E-state index in [2.05, 4.69) is 75.8 Å². The van der Waals surface area contributed by atoms with Gasteiger partial charge in [-0.25, -0.2) is 4.79 Å². The van der Waals surface area contributed by atoms with E-state index < -0.39 is 0 Å². The molecule has 0 spiro atoms. The van der Waals surface area contributed by atoms with Gasteiger partial charge in [0.15, 0.2) is 0 Å². The van der Waals surface area contributed by atoms with E-state index in [1.807, 2.05) is 36.9 Å². The largest absolute Gasteiger partial charge is 0.489 e. The molecule has 0 radical (unpaired) electrons. The second-order valence-electron chi connectivity index (χ2n) is 10.2. The van der Waals surface area contributed by atoms with E-state index in [4.69, 9.17) is 9.47 Å². The summed E-state index contributed by atoms with van der Waals surface area (Å²) in [6, 6.07) is 27.1. The number of hydrogen-bond donors (Lipinski definition) is 1. The predicted molar refractivity (Wildman–Crippen MR) is 153 cm³/mol. The Bertz CT molecular complexity index is 1160. The summed E-state index contributed by atoms with van der Waals surface area (Å²) < 4.78 is 11.6. The monoisotopic (exact) mass is 514 g/mol. The zero-order chi connectivity index (χ0) is 26.3. The Balaban J connectivity index is 1.12. The van der Waals surface area contributed by atoms with Gasteiger partial charge in [0.1, 0.15) is 12.4 Å². The molecule has 2 aliphatic rings. The molecule has 1 unspecified atom stereocenters. The number of anilines is 3. The van der Waals surface area contributed by atoms with Crippen LogP contribution >= 0.6 is 0 Å². The van der Waals surface area contributed by atoms with Crippen molar-refractivity contribution in [3.05, 3.63) is 84.4 Å². The fourth-order valence-electron chi connectivity index (χ4n) is 5.09. The highest BCUT2D eigenvalue weighted by molar-refractivity contribution is 5.95. The van der Waals surface area contributed by atoms with Crippen molar-refractivity contribution in [1.29, 1.82) is 0 Å². The topological polar surface area (TPSA) is 57.3 Å². The molecule has 2 fully saturated rings. The molecular formula is C31H38N4O3. The lowest BCUT2D eigenvalue weighted by atomic mass is 10.1. The first kappa shape index (κ1) is 25.9. The standard InChI is InChI=1S/C31H38N4O3/c1-24(2)37-21-16-29-22-32-31(36)35(29)28-10-8-26(9-11-28)33-17-19-34(20-18-33)27-12-14-30(15-13-27)38-23-25-6-4-3-5-7-25/h3-15,24,29H,16-23H2,1-2H3,(H,32,36). The molecule has 2 heterocycles. The quantitative estimate of drug-likeness (QED) is 0.398. The van der Waals surface area contributed by atoms with Gasteiger partial charge in [0.25, 0.3) is 0 Å². The Hall–Kier alpha value is -3.71. The van der Waals surface area contributed by atoms with Crippen molar-refractivity contribution >= 4 is 23.1 Å². The van der Waals surface area contributed by atoms with Crippen LogP contribution in [0.15, 0.2) is 78.9 Å². The minimum absolute atomic E-state index is 0.0302. The number of carbonyl (C=O) groups is 1. The van der Waals surface area contributed by atoms with Gasteiger partial charge in [-0.3, -0.25) is 4.90 Å². The van der Waals surface area contributed by atoms with Crippen LogP contribution in [0.3, 0.4) is 0 Å². The predicted octanol–water partition coefficient (Wildman–Crippen LogP) is 5.31. The van der Waals surface area contributed by atoms with Gasteiger partial charge in [-0.05, 0) is 74.4 Å². The van der Waals surface area contributed by atoms with Crippen LogP contribution in [-0.2, 0) is 11.3 Å². The summed E-state index contributed by atoms with van der Waals surface area (Å²) >= 11 is 0. The molecule has 7 nitrogen and oxygen atoms in total. The molecule has 2 aliphatic heterocycles. The van der Waals surface area contributed by atoms with Crippen LogP contribution in [0.25, 0.3) is 0 Å². The third-order valence-electron chi connectivity index (χ3n) is 7.20. The molecule has 5 rings (SSSR count). The van der Waals surface area contributed by atoms with Crippen LogP contribution in [0.4, 0.5) is 21.9 Å². The molecule has 7 heteroatoms. The first-order valence-corrected chi connectivity index (χ1v) is 13.6. The van der Waals surface area contributed by atoms with Gasteiger partial charge in [0, 0.05) is 56.4 Å². The van der Waals surface area contributed by atoms with Gasteiger partial charge in [-0.2, -0.15) is 0 Å². The summed E-state index contributed by atoms with van der Waals surface area (Å²) in [6.07, 6.45) is 1.02. The molecular weight excluding hydrogens is 476 g/mol. The number of hydrogen-bond acceptors (Lipinski definition) is 5. The molecule has 38 heavy (non-hydrogen) atoms. The van der Waals surface area contributed by atoms with Crippen LogP contribution in [0.5, 0.6) is 5.75 Å². The Kier molecular flexibility index (Phi) is 8.34. The van der Waals surface area contributed by atoms with Crippen molar-refractivity contribution in [2.45, 2.75) is 39.0 Å². The Morgan fingerprint density at radius 2 is 1.39 bits per heavy atom. The second-order valence-corrected chi connectivity index (χ2v) is 10.2. The molecule has 200 valence electrons. The van der Waals surface area contributed by atoms with E-state index in [1.54, 1.807) is 0 Å². The fourth-order valence-corrected chi connectivity index (χ4v) is 5.09. The van der Waals surface area contributed by atoms with Crippen molar-refractivity contribution in [1.82, 2.24) is 5.32 Å². The van der Waals surface area contributed by atoms with Crippen LogP contribution < -0.4 is 24.8 Å². The van der Waals surface area contributed by atoms with Gasteiger partial charge in [-0.1, -0.05) is 30.3 Å². The van der Waals surface area contributed by atoms with E-state index >= 15 is 0 Å². The SMILES string of the molecule is CC(C)OCCC1CNC(=O)N1c1ccc(N2CCN(c3ccc(OCc4ccccc4)cc3)CC2)cc1. The lowest BCUT2D eigenvalue weighted by Gasteiger charge is -2.37. The van der Waals surface area contributed by atoms with Crippen LogP contribution in [-0.4, -0.2) is 57.5 Å². The maximum Gasteiger partial charge on any atom is 0.322 e. The van der Waals surface area contributed by atoms with Gasteiger partial charge >= 0.3 is 6.03 Å². The van der Waals surface area contributed by atoms with Crippen molar-refractivity contribution in [3.8, 4) is 5.75 Å². The summed E-state index contributed by atoms with van der Waals surface area (Å²) in [5, 5.41) is 2.98. The van der Waals surface area contributed by atoms with Crippen molar-refractivity contribution in [2.24, 2.45) is 0 Å². The molecule has 1 N–H and O–H groups in total. The van der Waals surface area contributed by atoms with E-state index in [9.17, 15) is 4.79 Å². The zero-order valence-electron chi connectivity index (χ0n) is 22.4. The van der Waals surface area contributed by atoms with Crippen molar-refractivity contribution in [3.63, 3.8) is 0 Å². The minimum Gasteiger partial charge on any atom is -0.489 e. The number of carbonyl (C=O) groups excluding carboxylic acids is 1. The van der Waals surface area contributed by atoms with E-state index in [0.717, 1.165) is 44.0 Å². The van der Waals surface area contributed by atoms with Gasteiger partial charge in [0.05, 0.1) is 12.1 Å². The van der Waals surface area contributed by atoms with E-state index in [-0.39, 0.29) is 18.2 Å². The molecule has 1 atom stereocenters. The molecule has 0 saturated carbocycles. The number of rotatable bonds is 10. The lowest BCUT2D eigenvalue weighted by Crippen LogP contribution is -2.46. The van der Waals surface area contributed by atoms with Crippen LogP contribution in [0.1, 0.15) is 25.8 Å². The minimum atomic E-state index is -0.0302. The summed E-state index contributed by atoms with van der Waals surface area (Å²) in [5.41, 5.74) is 4.52. The Morgan fingerprint density at radius 1 is 0.816 bits per heavy atom. The number of benzene rings is 3. The van der Waals surface area contributed by atoms with Crippen LogP contribution in [0, 0.1) is 0 Å². The maximum absolute atomic E-state index is 12.5. The van der Waals surface area contributed by atoms with Crippen LogP contribution in [0.2, 0.25) is 0 Å². The average molecular weight is 515 g/mol. The highest BCUT2D eigenvalue weighted by Crippen LogP contribution is 2.27. The normalized spacial score (nSPS) is 17.7. The van der Waals surface area contributed by atoms with Gasteiger partial charge in [-0.15, -0.1) is 0 Å². The number of ether oxygens (including phenoxy) is 2. The van der Waals surface area contributed by atoms with Crippen molar-refractivity contribution < 1.29 is 14.3 Å². The average Bonchev–Trinajstić information content (AvgIpc) is 3.32. The summed E-state index contributed by atoms with van der Waals surface area (Å²) in [7, 11) is 0. The highest BCUT2D eigenvalue weighted by atomic mass is 16.5. The molecule has 0 bridgehead atoms. The zero-order valence-corrected chi connectivity index (χ0v) is 22.4. The Morgan fingerprint density at radius 3 is 2.00 bits per heavy atom. The Labute approximate surface area is 225 Å². The molecule has 2 saturated heterocycles. The number of urea groups is 1. The fraction of sp³-hybridized carbons (Fsp3) is 0.387. The summed E-state index contributed by atoms with van der Waals surface area (Å²) in [4.78, 5) is 19.2. The third kappa shape index (κ3) is 6.40. The smallest absolute Gasteiger partial charge is 0.322 e. The molecule has 0 aromatic heterocycles. The number of piperazine rings is 1. The summed E-state index contributed by atoms with van der Waals surface area (Å²) in [6.45, 7) is 9.77. The lowest BCUT2D eigenvalue weighted by molar-refractivity contribution is 0.0744. The molecule has 3 aromatic carbocycles. The number of amides is 2. The first-order valence-electron chi connectivity index (χ1n) is 13.6. The second kappa shape index (κ2) is 12.2. The third-order valence-corrected chi connectivity index (χ3v) is 7.20. The number of nitrogens with one attached hydrogen (secondary N) is 1. The van der Waals surface area contributed by atoms with E-state index in [0.29, 0.717) is 19.8 Å². The number of nitrogens with zero attached hydrogens (tertiary/aromatic N) is 3. The van der Waals surface area contributed by atoms with Gasteiger partial charge < -0.3 is 24.6 Å². The first-order chi connectivity index (χ1) is 18.6.